The monoisotopic (exact) mass is 235 g/mol. The number of anilines is 1. The lowest BCUT2D eigenvalue weighted by Crippen LogP contribution is -2.25. The average Bonchev–Trinajstić information content (AvgIpc) is 2.37. The molecule has 92 valence electrons. The van der Waals surface area contributed by atoms with Crippen molar-refractivity contribution < 1.29 is 14.6 Å². The van der Waals surface area contributed by atoms with Crippen molar-refractivity contribution in [3.8, 4) is 18.1 Å². The van der Waals surface area contributed by atoms with Crippen LogP contribution in [0.25, 0.3) is 0 Å². The summed E-state index contributed by atoms with van der Waals surface area (Å²) < 4.78 is 10.2. The van der Waals surface area contributed by atoms with E-state index in [0.29, 0.717) is 6.54 Å². The summed E-state index contributed by atoms with van der Waals surface area (Å²) in [6.45, 7) is 0.809. The molecule has 0 spiro atoms. The Balaban J connectivity index is 2.37. The molecule has 1 atom stereocenters. The fourth-order valence-corrected chi connectivity index (χ4v) is 1.33. The summed E-state index contributed by atoms with van der Waals surface area (Å²) in [7, 11) is 1.60. The van der Waals surface area contributed by atoms with Crippen LogP contribution in [0.4, 0.5) is 5.69 Å². The van der Waals surface area contributed by atoms with E-state index < -0.39 is 6.10 Å². The molecule has 0 aliphatic rings. The third-order valence-electron chi connectivity index (χ3n) is 2.13. The molecule has 1 aromatic rings. The Hall–Kier alpha value is -1.70. The smallest absolute Gasteiger partial charge is 0.141 e. The van der Waals surface area contributed by atoms with Crippen LogP contribution in [0.1, 0.15) is 0 Å². The molecule has 2 N–H and O–H groups in total. The maximum atomic E-state index is 9.60. The lowest BCUT2D eigenvalue weighted by Gasteiger charge is -2.14. The summed E-state index contributed by atoms with van der Waals surface area (Å²) in [6.07, 6.45) is 4.43. The van der Waals surface area contributed by atoms with Crippen LogP contribution in [0.15, 0.2) is 24.3 Å². The predicted molar refractivity (Wildman–Crippen MR) is 67.1 cm³/mol. The first-order chi connectivity index (χ1) is 8.27. The Kier molecular flexibility index (Phi) is 5.94. The van der Waals surface area contributed by atoms with Gasteiger partial charge in [0.2, 0.25) is 0 Å². The quantitative estimate of drug-likeness (QED) is 0.549. The summed E-state index contributed by atoms with van der Waals surface area (Å²) in [5.41, 5.74) is 0.839. The van der Waals surface area contributed by atoms with E-state index in [2.05, 4.69) is 11.2 Å². The molecule has 0 radical (unpaired) electrons. The van der Waals surface area contributed by atoms with Crippen molar-refractivity contribution in [1.82, 2.24) is 0 Å². The Labute approximate surface area is 102 Å². The molecule has 0 saturated carbocycles. The minimum absolute atomic E-state index is 0.214. The van der Waals surface area contributed by atoms with Crippen LogP contribution < -0.4 is 10.1 Å². The molecule has 0 aliphatic heterocycles. The molecule has 1 rings (SSSR count). The molecular weight excluding hydrogens is 218 g/mol. The van der Waals surface area contributed by atoms with Gasteiger partial charge in [0.05, 0.1) is 25.5 Å². The summed E-state index contributed by atoms with van der Waals surface area (Å²) in [6, 6.07) is 7.51. The van der Waals surface area contributed by atoms with Gasteiger partial charge >= 0.3 is 0 Å². The highest BCUT2D eigenvalue weighted by atomic mass is 16.5. The van der Waals surface area contributed by atoms with Crippen LogP contribution in [-0.4, -0.2) is 38.1 Å². The number of terminal acetylenes is 1. The average molecular weight is 235 g/mol. The summed E-state index contributed by atoms with van der Waals surface area (Å²) in [4.78, 5) is 0. The third kappa shape index (κ3) is 4.77. The van der Waals surface area contributed by atoms with Gasteiger partial charge in [0, 0.05) is 6.54 Å². The van der Waals surface area contributed by atoms with E-state index >= 15 is 0 Å². The molecule has 4 heteroatoms. The third-order valence-corrected chi connectivity index (χ3v) is 2.13. The minimum Gasteiger partial charge on any atom is -0.495 e. The second kappa shape index (κ2) is 7.55. The van der Waals surface area contributed by atoms with Crippen LogP contribution in [0, 0.1) is 12.3 Å². The lowest BCUT2D eigenvalue weighted by molar-refractivity contribution is 0.0587. The van der Waals surface area contributed by atoms with Crippen LogP contribution in [0.2, 0.25) is 0 Å². The van der Waals surface area contributed by atoms with Gasteiger partial charge in [-0.1, -0.05) is 18.1 Å². The first-order valence-electron chi connectivity index (χ1n) is 5.34. The van der Waals surface area contributed by atoms with Gasteiger partial charge in [-0.2, -0.15) is 0 Å². The Morgan fingerprint density at radius 1 is 1.47 bits per heavy atom. The van der Waals surface area contributed by atoms with Crippen molar-refractivity contribution in [2.45, 2.75) is 6.10 Å². The van der Waals surface area contributed by atoms with Gasteiger partial charge in [0.25, 0.3) is 0 Å². The largest absolute Gasteiger partial charge is 0.495 e. The molecule has 0 aromatic heterocycles. The molecule has 0 amide bonds. The first kappa shape index (κ1) is 13.4. The van der Waals surface area contributed by atoms with Crippen LogP contribution >= 0.6 is 0 Å². The van der Waals surface area contributed by atoms with Crippen LogP contribution in [-0.2, 0) is 4.74 Å². The number of methoxy groups -OCH3 is 1. The summed E-state index contributed by atoms with van der Waals surface area (Å²) in [5, 5.41) is 12.7. The Morgan fingerprint density at radius 2 is 2.24 bits per heavy atom. The highest BCUT2D eigenvalue weighted by Gasteiger charge is 2.06. The van der Waals surface area contributed by atoms with Gasteiger partial charge in [-0.15, -0.1) is 6.42 Å². The standard InChI is InChI=1S/C13H17NO3/c1-3-8-17-10-11(15)9-14-12-6-4-5-7-13(12)16-2/h1,4-7,11,14-15H,8-10H2,2H3. The van der Waals surface area contributed by atoms with Crippen molar-refractivity contribution in [3.63, 3.8) is 0 Å². The van der Waals surface area contributed by atoms with Crippen molar-refractivity contribution in [2.75, 3.05) is 32.2 Å². The van der Waals surface area contributed by atoms with Gasteiger partial charge in [-0.05, 0) is 12.1 Å². The molecule has 0 fully saturated rings. The summed E-state index contributed by atoms with van der Waals surface area (Å²) in [5.74, 6) is 3.08. The SMILES string of the molecule is C#CCOCC(O)CNc1ccccc1OC. The molecule has 0 saturated heterocycles. The molecule has 17 heavy (non-hydrogen) atoms. The second-order valence-electron chi connectivity index (χ2n) is 3.45. The number of aliphatic hydroxyl groups excluding tert-OH is 1. The maximum Gasteiger partial charge on any atom is 0.141 e. The van der Waals surface area contributed by atoms with E-state index in [9.17, 15) is 5.11 Å². The van der Waals surface area contributed by atoms with Crippen molar-refractivity contribution in [2.24, 2.45) is 0 Å². The summed E-state index contributed by atoms with van der Waals surface area (Å²) >= 11 is 0. The number of nitrogens with one attached hydrogen (secondary N) is 1. The zero-order chi connectivity index (χ0) is 12.5. The molecule has 1 aromatic carbocycles. The van der Waals surface area contributed by atoms with E-state index in [1.54, 1.807) is 7.11 Å². The van der Waals surface area contributed by atoms with Gasteiger partial charge < -0.3 is 19.9 Å². The molecule has 0 heterocycles. The number of rotatable bonds is 7. The lowest BCUT2D eigenvalue weighted by atomic mass is 10.2. The number of ether oxygens (including phenoxy) is 2. The highest BCUT2D eigenvalue weighted by molar-refractivity contribution is 5.56. The van der Waals surface area contributed by atoms with E-state index in [1.165, 1.54) is 0 Å². The number of benzene rings is 1. The zero-order valence-electron chi connectivity index (χ0n) is 9.85. The topological polar surface area (TPSA) is 50.7 Å². The predicted octanol–water partition coefficient (Wildman–Crippen LogP) is 1.12. The van der Waals surface area contributed by atoms with Gasteiger partial charge in [-0.3, -0.25) is 0 Å². The zero-order valence-corrected chi connectivity index (χ0v) is 9.85. The van der Waals surface area contributed by atoms with E-state index in [1.807, 2.05) is 24.3 Å². The maximum absolute atomic E-state index is 9.60. The van der Waals surface area contributed by atoms with Gasteiger partial charge in [0.15, 0.2) is 0 Å². The fraction of sp³-hybridized carbons (Fsp3) is 0.385. The normalized spacial score (nSPS) is 11.6. The number of para-hydroxylation sites is 2. The number of hydrogen-bond donors (Lipinski definition) is 2. The minimum atomic E-state index is -0.603. The molecule has 4 nitrogen and oxygen atoms in total. The second-order valence-corrected chi connectivity index (χ2v) is 3.45. The fourth-order valence-electron chi connectivity index (χ4n) is 1.33. The first-order valence-corrected chi connectivity index (χ1v) is 5.34. The highest BCUT2D eigenvalue weighted by Crippen LogP contribution is 2.22. The Bertz CT molecular complexity index is 373. The van der Waals surface area contributed by atoms with Crippen molar-refractivity contribution in [1.29, 1.82) is 0 Å². The molecule has 0 bridgehead atoms. The molecule has 0 aliphatic carbocycles. The van der Waals surface area contributed by atoms with Crippen molar-refractivity contribution >= 4 is 5.69 Å². The van der Waals surface area contributed by atoms with Crippen LogP contribution in [0.3, 0.4) is 0 Å². The number of hydrogen-bond acceptors (Lipinski definition) is 4. The molecule has 1 unspecified atom stereocenters. The van der Waals surface area contributed by atoms with Crippen LogP contribution in [0.5, 0.6) is 5.75 Å². The van der Waals surface area contributed by atoms with E-state index in [4.69, 9.17) is 15.9 Å². The van der Waals surface area contributed by atoms with Crippen molar-refractivity contribution in [3.05, 3.63) is 24.3 Å². The van der Waals surface area contributed by atoms with E-state index in [0.717, 1.165) is 11.4 Å². The molecular formula is C13H17NO3. The number of aliphatic hydroxyl groups is 1. The van der Waals surface area contributed by atoms with Gasteiger partial charge in [-0.25, -0.2) is 0 Å². The van der Waals surface area contributed by atoms with Gasteiger partial charge in [0.1, 0.15) is 12.4 Å². The Morgan fingerprint density at radius 3 is 2.94 bits per heavy atom. The van der Waals surface area contributed by atoms with E-state index in [-0.39, 0.29) is 13.2 Å².